The number of carbonyl (C=O) groups excluding carboxylic acids is 2. The summed E-state index contributed by atoms with van der Waals surface area (Å²) in [5.41, 5.74) is 4.48. The van der Waals surface area contributed by atoms with Crippen molar-refractivity contribution in [2.24, 2.45) is 17.8 Å². The number of aliphatic carboxylic acids is 1. The lowest BCUT2D eigenvalue weighted by Crippen LogP contribution is -2.52. The number of carboxylic acids is 1. The molecule has 7 heteroatoms. The number of fused-ring (bicyclic) bond motifs is 4. The Labute approximate surface area is 205 Å². The van der Waals surface area contributed by atoms with Crippen LogP contribution in [0.15, 0.2) is 48.5 Å². The Kier molecular flexibility index (Phi) is 6.50. The van der Waals surface area contributed by atoms with Gasteiger partial charge >= 0.3 is 12.1 Å². The average molecular weight is 477 g/mol. The van der Waals surface area contributed by atoms with Gasteiger partial charge in [-0.25, -0.2) is 4.79 Å². The number of benzene rings is 2. The summed E-state index contributed by atoms with van der Waals surface area (Å²) in [6.45, 7) is 2.28. The fourth-order valence-electron chi connectivity index (χ4n) is 5.89. The molecule has 2 aromatic rings. The number of carboxylic acid groups (broad SMARTS) is 1. The maximum absolute atomic E-state index is 13.0. The van der Waals surface area contributed by atoms with Crippen LogP contribution in [0.25, 0.3) is 11.1 Å². The molecule has 0 radical (unpaired) electrons. The second-order valence-electron chi connectivity index (χ2n) is 10.3. The standard InChI is InChI=1S/C28H32N2O5/c1-16-12-17-13-18(17)14-25(16)29-27(33)24(10-11-26(31)32)30-28(34)35-15-23-21-8-4-2-6-19(21)20-7-3-5-9-22(20)23/h2-9,16-18,23-25H,10-15H2,1H3,(H,29,33)(H,30,34)(H,31,32). The Hall–Kier alpha value is -3.35. The van der Waals surface area contributed by atoms with E-state index in [0.29, 0.717) is 11.8 Å². The summed E-state index contributed by atoms with van der Waals surface area (Å²) in [5.74, 6) is 0.412. The van der Waals surface area contributed by atoms with E-state index in [1.54, 1.807) is 0 Å². The summed E-state index contributed by atoms with van der Waals surface area (Å²) in [6.07, 6.45) is 2.38. The van der Waals surface area contributed by atoms with Crippen molar-refractivity contribution < 1.29 is 24.2 Å². The minimum Gasteiger partial charge on any atom is -0.481 e. The molecule has 7 nitrogen and oxygen atoms in total. The number of hydrogen-bond donors (Lipinski definition) is 3. The number of hydrogen-bond acceptors (Lipinski definition) is 4. The van der Waals surface area contributed by atoms with Crippen molar-refractivity contribution in [3.63, 3.8) is 0 Å². The molecule has 3 N–H and O–H groups in total. The zero-order valence-corrected chi connectivity index (χ0v) is 19.9. The Bertz CT molecular complexity index is 1090. The molecule has 0 bridgehead atoms. The highest BCUT2D eigenvalue weighted by Gasteiger charge is 2.45. The van der Waals surface area contributed by atoms with Gasteiger partial charge in [0.05, 0.1) is 0 Å². The summed E-state index contributed by atoms with van der Waals surface area (Å²) >= 11 is 0. The van der Waals surface area contributed by atoms with Crippen LogP contribution in [-0.4, -0.2) is 41.8 Å². The molecule has 184 valence electrons. The van der Waals surface area contributed by atoms with Gasteiger partial charge in [-0.1, -0.05) is 55.5 Å². The maximum atomic E-state index is 13.0. The molecule has 0 aliphatic heterocycles. The SMILES string of the molecule is CC1CC2CC2CC1NC(=O)C(CCC(=O)O)NC(=O)OCC1c2ccccc2-c2ccccc21. The predicted octanol–water partition coefficient (Wildman–Crippen LogP) is 4.31. The third-order valence-corrected chi connectivity index (χ3v) is 7.91. The molecule has 5 atom stereocenters. The minimum absolute atomic E-state index is 0.0124. The largest absolute Gasteiger partial charge is 0.481 e. The third kappa shape index (κ3) is 5.04. The second-order valence-corrected chi connectivity index (χ2v) is 10.3. The number of amides is 2. The summed E-state index contributed by atoms with van der Waals surface area (Å²) in [7, 11) is 0. The first-order chi connectivity index (χ1) is 16.9. The van der Waals surface area contributed by atoms with E-state index in [1.807, 2.05) is 36.4 Å². The summed E-state index contributed by atoms with van der Waals surface area (Å²) in [4.78, 5) is 36.9. The number of carbonyl (C=O) groups is 3. The molecule has 0 heterocycles. The molecule has 2 amide bonds. The lowest BCUT2D eigenvalue weighted by molar-refractivity contribution is -0.137. The number of ether oxygens (including phenoxy) is 1. The van der Waals surface area contributed by atoms with Crippen molar-refractivity contribution in [2.75, 3.05) is 6.61 Å². The van der Waals surface area contributed by atoms with Crippen LogP contribution in [0.1, 0.15) is 56.1 Å². The van der Waals surface area contributed by atoms with Gasteiger partial charge < -0.3 is 20.5 Å². The molecule has 3 aliphatic carbocycles. The molecule has 0 aromatic heterocycles. The van der Waals surface area contributed by atoms with E-state index < -0.39 is 18.1 Å². The fraction of sp³-hybridized carbons (Fsp3) is 0.464. The highest BCUT2D eigenvalue weighted by atomic mass is 16.5. The van der Waals surface area contributed by atoms with E-state index >= 15 is 0 Å². The van der Waals surface area contributed by atoms with Crippen molar-refractivity contribution in [3.8, 4) is 11.1 Å². The van der Waals surface area contributed by atoms with Crippen LogP contribution < -0.4 is 10.6 Å². The van der Waals surface area contributed by atoms with Gasteiger partial charge in [0, 0.05) is 18.4 Å². The van der Waals surface area contributed by atoms with Gasteiger partial charge in [0.2, 0.25) is 5.91 Å². The van der Waals surface area contributed by atoms with Gasteiger partial charge in [-0.15, -0.1) is 0 Å². The van der Waals surface area contributed by atoms with E-state index in [9.17, 15) is 14.4 Å². The van der Waals surface area contributed by atoms with Gasteiger partial charge in [0.15, 0.2) is 0 Å². The molecule has 3 aliphatic rings. The predicted molar refractivity (Wildman–Crippen MR) is 131 cm³/mol. The van der Waals surface area contributed by atoms with E-state index in [4.69, 9.17) is 9.84 Å². The van der Waals surface area contributed by atoms with Crippen molar-refractivity contribution in [3.05, 3.63) is 59.7 Å². The number of rotatable bonds is 8. The van der Waals surface area contributed by atoms with Crippen LogP contribution in [0.4, 0.5) is 4.79 Å². The molecule has 0 saturated heterocycles. The van der Waals surface area contributed by atoms with Crippen LogP contribution >= 0.6 is 0 Å². The molecule has 2 saturated carbocycles. The first-order valence-electron chi connectivity index (χ1n) is 12.5. The van der Waals surface area contributed by atoms with Crippen molar-refractivity contribution >= 4 is 18.0 Å². The van der Waals surface area contributed by atoms with E-state index in [2.05, 4.69) is 29.7 Å². The highest BCUT2D eigenvalue weighted by molar-refractivity contribution is 5.86. The van der Waals surface area contributed by atoms with Crippen LogP contribution in [0, 0.1) is 17.8 Å². The zero-order valence-electron chi connectivity index (χ0n) is 19.9. The Balaban J connectivity index is 1.22. The average Bonchev–Trinajstić information content (AvgIpc) is 3.52. The molecule has 5 unspecified atom stereocenters. The topological polar surface area (TPSA) is 105 Å². The molecule has 2 fully saturated rings. The molecule has 35 heavy (non-hydrogen) atoms. The van der Waals surface area contributed by atoms with Crippen LogP contribution in [0.5, 0.6) is 0 Å². The monoisotopic (exact) mass is 476 g/mol. The highest BCUT2D eigenvalue weighted by Crippen LogP contribution is 2.51. The molecule has 0 spiro atoms. The van der Waals surface area contributed by atoms with Crippen LogP contribution in [0.3, 0.4) is 0 Å². The number of nitrogens with one attached hydrogen (secondary N) is 2. The lowest BCUT2D eigenvalue weighted by Gasteiger charge is -2.30. The molecular formula is C28H32N2O5. The Morgan fingerprint density at radius 2 is 1.60 bits per heavy atom. The summed E-state index contributed by atoms with van der Waals surface area (Å²) in [6, 6.07) is 15.3. The number of alkyl carbamates (subject to hydrolysis) is 1. The zero-order chi connectivity index (χ0) is 24.5. The quantitative estimate of drug-likeness (QED) is 0.527. The van der Waals surface area contributed by atoms with E-state index in [1.165, 1.54) is 6.42 Å². The van der Waals surface area contributed by atoms with Crippen LogP contribution in [-0.2, 0) is 14.3 Å². The first-order valence-corrected chi connectivity index (χ1v) is 12.5. The molecule has 5 rings (SSSR count). The van der Waals surface area contributed by atoms with Gasteiger partial charge in [-0.3, -0.25) is 9.59 Å². The van der Waals surface area contributed by atoms with Crippen molar-refractivity contribution in [1.29, 1.82) is 0 Å². The van der Waals surface area contributed by atoms with E-state index in [-0.39, 0.29) is 37.3 Å². The van der Waals surface area contributed by atoms with Gasteiger partial charge in [0.25, 0.3) is 0 Å². The molecular weight excluding hydrogens is 444 g/mol. The normalized spacial score (nSPS) is 24.9. The molecule has 2 aromatic carbocycles. The van der Waals surface area contributed by atoms with Crippen LogP contribution in [0.2, 0.25) is 0 Å². The second kappa shape index (κ2) is 9.72. The van der Waals surface area contributed by atoms with Gasteiger partial charge in [-0.05, 0) is 65.7 Å². The summed E-state index contributed by atoms with van der Waals surface area (Å²) in [5, 5.41) is 14.8. The third-order valence-electron chi connectivity index (χ3n) is 7.91. The lowest BCUT2D eigenvalue weighted by atomic mass is 9.86. The minimum atomic E-state index is -1.01. The Morgan fingerprint density at radius 1 is 0.971 bits per heavy atom. The van der Waals surface area contributed by atoms with Gasteiger partial charge in [0.1, 0.15) is 12.6 Å². The van der Waals surface area contributed by atoms with Crippen molar-refractivity contribution in [1.82, 2.24) is 10.6 Å². The smallest absolute Gasteiger partial charge is 0.407 e. The first kappa shape index (κ1) is 23.4. The van der Waals surface area contributed by atoms with E-state index in [0.717, 1.165) is 41.0 Å². The van der Waals surface area contributed by atoms with Gasteiger partial charge in [-0.2, -0.15) is 0 Å². The Morgan fingerprint density at radius 3 is 2.26 bits per heavy atom. The maximum Gasteiger partial charge on any atom is 0.407 e. The van der Waals surface area contributed by atoms with Crippen molar-refractivity contribution in [2.45, 2.75) is 57.0 Å². The summed E-state index contributed by atoms with van der Waals surface area (Å²) < 4.78 is 5.58. The fourth-order valence-corrected chi connectivity index (χ4v) is 5.89.